The molecule has 2 saturated heterocycles. The van der Waals surface area contributed by atoms with Gasteiger partial charge in [-0.25, -0.2) is 9.18 Å². The lowest BCUT2D eigenvalue weighted by Crippen LogP contribution is -2.48. The first kappa shape index (κ1) is 31.7. The van der Waals surface area contributed by atoms with E-state index in [1.807, 2.05) is 50.9 Å². The summed E-state index contributed by atoms with van der Waals surface area (Å²) in [5, 5.41) is 10.6. The number of carbonyl (C=O) groups is 3. The van der Waals surface area contributed by atoms with E-state index in [0.29, 0.717) is 55.7 Å². The second-order valence-electron chi connectivity index (χ2n) is 12.0. The van der Waals surface area contributed by atoms with Crippen molar-refractivity contribution in [1.29, 1.82) is 0 Å². The molecule has 1 aromatic carbocycles. The molecule has 3 aliphatic heterocycles. The normalized spacial score (nSPS) is 29.5. The fourth-order valence-electron chi connectivity index (χ4n) is 5.69. The largest absolute Gasteiger partial charge is 0.457 e. The minimum absolute atomic E-state index is 0.0757. The summed E-state index contributed by atoms with van der Waals surface area (Å²) in [7, 11) is 2.02. The molecule has 0 unspecified atom stereocenters. The van der Waals surface area contributed by atoms with E-state index in [-0.39, 0.29) is 36.7 Å². The zero-order valence-electron chi connectivity index (χ0n) is 25.1. The van der Waals surface area contributed by atoms with Crippen molar-refractivity contribution in [1.82, 2.24) is 9.80 Å². The van der Waals surface area contributed by atoms with E-state index in [1.165, 1.54) is 12.1 Å². The van der Waals surface area contributed by atoms with E-state index in [2.05, 4.69) is 4.90 Å². The van der Waals surface area contributed by atoms with Gasteiger partial charge in [0, 0.05) is 50.7 Å². The summed E-state index contributed by atoms with van der Waals surface area (Å²) < 4.78 is 26.4. The van der Waals surface area contributed by atoms with E-state index >= 15 is 0 Å². The Morgan fingerprint density at radius 3 is 2.50 bits per heavy atom. The number of aliphatic hydroxyl groups excluding tert-OH is 1. The van der Waals surface area contributed by atoms with Gasteiger partial charge in [-0.2, -0.15) is 0 Å². The first-order chi connectivity index (χ1) is 20.0. The molecule has 0 spiro atoms. The lowest BCUT2D eigenvalue weighted by atomic mass is 9.91. The highest BCUT2D eigenvalue weighted by Crippen LogP contribution is 2.28. The molecular formula is C32H44FN3O6. The molecule has 10 heteroatoms. The number of amides is 1. The molecule has 3 heterocycles. The van der Waals surface area contributed by atoms with E-state index in [1.54, 1.807) is 11.0 Å². The molecule has 1 aromatic rings. The van der Waals surface area contributed by atoms with Crippen molar-refractivity contribution < 1.29 is 33.4 Å². The zero-order valence-corrected chi connectivity index (χ0v) is 25.1. The number of benzene rings is 1. The van der Waals surface area contributed by atoms with Crippen LogP contribution in [0.15, 0.2) is 35.9 Å². The van der Waals surface area contributed by atoms with Crippen molar-refractivity contribution in [2.24, 2.45) is 11.8 Å². The number of halogens is 1. The van der Waals surface area contributed by atoms with Crippen molar-refractivity contribution in [3.05, 3.63) is 47.3 Å². The first-order valence-electron chi connectivity index (χ1n) is 14.9. The van der Waals surface area contributed by atoms with Crippen LogP contribution in [0.5, 0.6) is 0 Å². The lowest BCUT2D eigenvalue weighted by molar-refractivity contribution is -0.151. The quantitative estimate of drug-likeness (QED) is 0.418. The Morgan fingerprint density at radius 1 is 1.07 bits per heavy atom. The molecular weight excluding hydrogens is 541 g/mol. The van der Waals surface area contributed by atoms with Crippen molar-refractivity contribution in [3.63, 3.8) is 0 Å². The Kier molecular flexibility index (Phi) is 10.8. The molecule has 2 fully saturated rings. The first-order valence-corrected chi connectivity index (χ1v) is 14.9. The van der Waals surface area contributed by atoms with E-state index in [9.17, 15) is 23.9 Å². The molecule has 0 saturated carbocycles. The third-order valence-corrected chi connectivity index (χ3v) is 8.40. The van der Waals surface area contributed by atoms with Gasteiger partial charge in [-0.15, -0.1) is 0 Å². The maximum atomic E-state index is 14.6. The number of ketones is 1. The van der Waals surface area contributed by atoms with Crippen LogP contribution in [-0.4, -0.2) is 97.4 Å². The lowest BCUT2D eigenvalue weighted by Gasteiger charge is -2.33. The van der Waals surface area contributed by atoms with Crippen LogP contribution < -0.4 is 4.90 Å². The molecule has 0 aromatic heterocycles. The van der Waals surface area contributed by atoms with Gasteiger partial charge in [0.15, 0.2) is 5.78 Å². The summed E-state index contributed by atoms with van der Waals surface area (Å²) in [5.74, 6) is -1.19. The number of hydrogen-bond acceptors (Lipinski definition) is 8. The third kappa shape index (κ3) is 8.64. The summed E-state index contributed by atoms with van der Waals surface area (Å²) in [6, 6.07) is 4.64. The Labute approximate surface area is 247 Å². The number of likely N-dealkylation sites (N-methyl/N-ethyl adjacent to an activating group) is 1. The fourth-order valence-corrected chi connectivity index (χ4v) is 5.69. The van der Waals surface area contributed by atoms with E-state index in [0.717, 1.165) is 13.1 Å². The van der Waals surface area contributed by atoms with Gasteiger partial charge in [-0.3, -0.25) is 9.59 Å². The summed E-state index contributed by atoms with van der Waals surface area (Å²) in [4.78, 5) is 43.3. The maximum absolute atomic E-state index is 14.6. The number of ether oxygens (including phenoxy) is 2. The van der Waals surface area contributed by atoms with Crippen LogP contribution in [0.1, 0.15) is 52.0 Å². The summed E-state index contributed by atoms with van der Waals surface area (Å²) in [6.07, 6.45) is 4.33. The second kappa shape index (κ2) is 14.3. The number of aliphatic hydroxyl groups is 1. The smallest absolute Gasteiger partial charge is 0.410 e. The number of anilines is 1. The Balaban J connectivity index is 1.56. The van der Waals surface area contributed by atoms with Crippen LogP contribution in [0.3, 0.4) is 0 Å². The minimum atomic E-state index is -0.883. The second-order valence-corrected chi connectivity index (χ2v) is 12.0. The standard InChI is InChI=1S/C32H44FN3O6/c1-21-5-7-27(37)19-30(39)42-31(22(2)6-8-29(21)41-32(40)35-13-11-34(4)12-14-35)23(3)15-24-16-25(33)18-26(17-24)36-10-9-28(38)20-36/h6,8,15-18,21-22,27,29,31,37H,5,7,9-14,19-20H2,1-4H3/b8-6-,23-15+/t21-,22-,27+,29-,31-/m0/s1. The average Bonchev–Trinajstić information content (AvgIpc) is 3.38. The minimum Gasteiger partial charge on any atom is -0.457 e. The third-order valence-electron chi connectivity index (χ3n) is 8.40. The van der Waals surface area contributed by atoms with Gasteiger partial charge in [0.05, 0.1) is 19.1 Å². The Morgan fingerprint density at radius 2 is 1.81 bits per heavy atom. The SMILES string of the molecule is C/C(=C\c1cc(F)cc(N2CCC(=O)C2)c1)[C@H]1OC(=O)C[C@H](O)CC[C@H](C)[C@@H](OC(=O)N2CCN(C)CC2)/C=C\[C@@H]1C. The number of esters is 1. The van der Waals surface area contributed by atoms with Crippen molar-refractivity contribution in [2.75, 3.05) is 51.2 Å². The monoisotopic (exact) mass is 585 g/mol. The molecule has 230 valence electrons. The predicted octanol–water partition coefficient (Wildman–Crippen LogP) is 4.05. The van der Waals surface area contributed by atoms with E-state index in [4.69, 9.17) is 9.47 Å². The number of rotatable bonds is 4. The molecule has 42 heavy (non-hydrogen) atoms. The molecule has 0 bridgehead atoms. The van der Waals surface area contributed by atoms with Crippen LogP contribution in [0.25, 0.3) is 6.08 Å². The van der Waals surface area contributed by atoms with E-state index < -0.39 is 30.1 Å². The molecule has 0 radical (unpaired) electrons. The summed E-state index contributed by atoms with van der Waals surface area (Å²) >= 11 is 0. The highest BCUT2D eigenvalue weighted by atomic mass is 19.1. The maximum Gasteiger partial charge on any atom is 0.410 e. The van der Waals surface area contributed by atoms with Gasteiger partial charge in [-0.05, 0) is 68.1 Å². The van der Waals surface area contributed by atoms with Crippen molar-refractivity contribution >= 4 is 29.6 Å². The molecule has 0 aliphatic carbocycles. The van der Waals surface area contributed by atoms with Crippen LogP contribution >= 0.6 is 0 Å². The van der Waals surface area contributed by atoms with Gasteiger partial charge in [0.2, 0.25) is 0 Å². The molecule has 3 aliphatic rings. The van der Waals surface area contributed by atoms with Gasteiger partial charge in [0.1, 0.15) is 18.0 Å². The molecule has 5 atom stereocenters. The van der Waals surface area contributed by atoms with Gasteiger partial charge in [-0.1, -0.05) is 26.0 Å². The van der Waals surface area contributed by atoms with Crippen molar-refractivity contribution in [3.8, 4) is 0 Å². The number of piperazine rings is 1. The molecule has 1 amide bonds. The van der Waals surface area contributed by atoms with Crippen LogP contribution in [-0.2, 0) is 19.1 Å². The fraction of sp³-hybridized carbons (Fsp3) is 0.594. The number of carbonyl (C=O) groups excluding carboxylic acids is 3. The average molecular weight is 586 g/mol. The Bertz CT molecular complexity index is 1190. The molecule has 9 nitrogen and oxygen atoms in total. The predicted molar refractivity (Wildman–Crippen MR) is 158 cm³/mol. The van der Waals surface area contributed by atoms with Gasteiger partial charge >= 0.3 is 12.1 Å². The summed E-state index contributed by atoms with van der Waals surface area (Å²) in [5.41, 5.74) is 1.92. The highest BCUT2D eigenvalue weighted by Gasteiger charge is 2.29. The number of nitrogens with zero attached hydrogens (tertiary/aromatic N) is 3. The highest BCUT2D eigenvalue weighted by molar-refractivity contribution is 5.87. The number of hydrogen-bond donors (Lipinski definition) is 1. The zero-order chi connectivity index (χ0) is 30.4. The molecule has 1 N–H and O–H groups in total. The van der Waals surface area contributed by atoms with Gasteiger partial charge in [0.25, 0.3) is 0 Å². The van der Waals surface area contributed by atoms with Crippen LogP contribution in [0.4, 0.5) is 14.9 Å². The number of Topliss-reactive ketones (excluding diaryl/α,β-unsaturated/α-hetero) is 1. The number of cyclic esters (lactones) is 1. The topological polar surface area (TPSA) is 99.6 Å². The van der Waals surface area contributed by atoms with Crippen molar-refractivity contribution in [2.45, 2.75) is 64.8 Å². The molecule has 4 rings (SSSR count). The summed E-state index contributed by atoms with van der Waals surface area (Å²) in [6.45, 7) is 9.30. The van der Waals surface area contributed by atoms with Gasteiger partial charge < -0.3 is 29.3 Å². The van der Waals surface area contributed by atoms with Crippen LogP contribution in [0, 0.1) is 17.7 Å². The Hall–Kier alpha value is -3.24. The van der Waals surface area contributed by atoms with Crippen LogP contribution in [0.2, 0.25) is 0 Å².